The van der Waals surface area contributed by atoms with E-state index in [4.69, 9.17) is 0 Å². The fraction of sp³-hybridized carbons (Fsp3) is 0.429. The molecule has 6 nitrogen and oxygen atoms in total. The number of piperidine rings is 1. The Balaban J connectivity index is 1.55. The second-order valence-electron chi connectivity index (χ2n) is 7.17. The van der Waals surface area contributed by atoms with Crippen LogP contribution in [-0.2, 0) is 13.2 Å². The zero-order chi connectivity index (χ0) is 19.4. The summed E-state index contributed by atoms with van der Waals surface area (Å²) in [6, 6.07) is 7.96. The number of carbonyl (C=O) groups excluding carboxylic acids is 1. The van der Waals surface area contributed by atoms with Gasteiger partial charge in [-0.15, -0.1) is 0 Å². The van der Waals surface area contributed by atoms with Crippen LogP contribution in [0.2, 0.25) is 0 Å². The van der Waals surface area contributed by atoms with Gasteiger partial charge in [-0.2, -0.15) is 0 Å². The van der Waals surface area contributed by atoms with Crippen LogP contribution in [0.15, 0.2) is 30.5 Å². The monoisotopic (exact) mass is 369 g/mol. The fourth-order valence-corrected chi connectivity index (χ4v) is 3.43. The van der Waals surface area contributed by atoms with E-state index < -0.39 is 0 Å². The topological polar surface area (TPSA) is 85.7 Å². The van der Waals surface area contributed by atoms with E-state index in [1.165, 1.54) is 0 Å². The van der Waals surface area contributed by atoms with Crippen LogP contribution in [0, 0.1) is 13.8 Å². The highest BCUT2D eigenvalue weighted by Crippen LogP contribution is 2.24. The second-order valence-corrected chi connectivity index (χ2v) is 7.17. The molecule has 1 fully saturated rings. The number of nitrogens with zero attached hydrogens (tertiary/aromatic N) is 2. The van der Waals surface area contributed by atoms with Gasteiger partial charge in [0.05, 0.1) is 12.3 Å². The van der Waals surface area contributed by atoms with Crippen LogP contribution >= 0.6 is 0 Å². The molecule has 0 bridgehead atoms. The lowest BCUT2D eigenvalue weighted by atomic mass is 10.0. The molecular weight excluding hydrogens is 342 g/mol. The van der Waals surface area contributed by atoms with Crippen LogP contribution < -0.4 is 5.32 Å². The summed E-state index contributed by atoms with van der Waals surface area (Å²) >= 11 is 0. The van der Waals surface area contributed by atoms with Crippen molar-refractivity contribution in [3.63, 3.8) is 0 Å². The Kier molecular flexibility index (Phi) is 6.08. The molecule has 6 heteroatoms. The van der Waals surface area contributed by atoms with Crippen molar-refractivity contribution in [2.45, 2.75) is 45.9 Å². The summed E-state index contributed by atoms with van der Waals surface area (Å²) in [5, 5.41) is 23.2. The first kappa shape index (κ1) is 19.3. The molecule has 2 heterocycles. The molecule has 0 unspecified atom stereocenters. The molecule has 144 valence electrons. The minimum atomic E-state index is -0.151. The van der Waals surface area contributed by atoms with Gasteiger partial charge in [-0.25, -0.2) is 0 Å². The van der Waals surface area contributed by atoms with E-state index in [0.29, 0.717) is 36.5 Å². The van der Waals surface area contributed by atoms with Gasteiger partial charge in [-0.1, -0.05) is 17.7 Å². The Morgan fingerprint density at radius 1 is 1.22 bits per heavy atom. The Bertz CT molecular complexity index is 797. The Labute approximate surface area is 159 Å². The van der Waals surface area contributed by atoms with Gasteiger partial charge in [-0.3, -0.25) is 9.78 Å². The number of nitrogens with one attached hydrogen (secondary N) is 1. The maximum Gasteiger partial charge on any atom is 0.253 e. The van der Waals surface area contributed by atoms with Crippen molar-refractivity contribution in [3.8, 4) is 5.75 Å². The number of hydrogen-bond acceptors (Lipinski definition) is 5. The van der Waals surface area contributed by atoms with Crippen molar-refractivity contribution in [2.24, 2.45) is 0 Å². The number of amides is 1. The summed E-state index contributed by atoms with van der Waals surface area (Å²) < 4.78 is 0. The Hall–Kier alpha value is -2.44. The van der Waals surface area contributed by atoms with Gasteiger partial charge >= 0.3 is 0 Å². The zero-order valence-corrected chi connectivity index (χ0v) is 15.9. The number of rotatable bonds is 5. The number of aryl methyl sites for hydroxylation is 2. The predicted molar refractivity (Wildman–Crippen MR) is 104 cm³/mol. The van der Waals surface area contributed by atoms with Gasteiger partial charge in [0, 0.05) is 48.6 Å². The van der Waals surface area contributed by atoms with Crippen molar-refractivity contribution < 1.29 is 15.0 Å². The molecule has 0 radical (unpaired) electrons. The van der Waals surface area contributed by atoms with Crippen molar-refractivity contribution in [3.05, 3.63) is 58.4 Å². The van der Waals surface area contributed by atoms with E-state index >= 15 is 0 Å². The molecule has 0 saturated carbocycles. The third-order valence-corrected chi connectivity index (χ3v) is 5.25. The molecule has 3 rings (SSSR count). The van der Waals surface area contributed by atoms with Crippen molar-refractivity contribution >= 4 is 5.91 Å². The second kappa shape index (κ2) is 8.50. The number of aromatic nitrogens is 1. The standard InChI is InChI=1S/C21H27N3O3/c1-14-3-5-16(6-4-14)21(27)24-9-7-18(8-10-24)23-12-19-17(13-25)11-22-15(2)20(19)26/h3-6,11,18,23,25-26H,7-10,12-13H2,1-2H3. The van der Waals surface area contributed by atoms with E-state index in [9.17, 15) is 15.0 Å². The summed E-state index contributed by atoms with van der Waals surface area (Å²) in [5.41, 5.74) is 3.77. The average Bonchev–Trinajstić information content (AvgIpc) is 2.69. The van der Waals surface area contributed by atoms with E-state index in [1.807, 2.05) is 36.1 Å². The fourth-order valence-electron chi connectivity index (χ4n) is 3.43. The first-order valence-corrected chi connectivity index (χ1v) is 9.36. The summed E-state index contributed by atoms with van der Waals surface area (Å²) in [4.78, 5) is 18.6. The number of aliphatic hydroxyl groups is 1. The molecule has 1 aromatic heterocycles. The van der Waals surface area contributed by atoms with Crippen LogP contribution in [0.25, 0.3) is 0 Å². The first-order chi connectivity index (χ1) is 13.0. The van der Waals surface area contributed by atoms with Crippen molar-refractivity contribution in [1.82, 2.24) is 15.2 Å². The van der Waals surface area contributed by atoms with Crippen LogP contribution in [0.3, 0.4) is 0 Å². The van der Waals surface area contributed by atoms with Crippen molar-refractivity contribution in [1.29, 1.82) is 0 Å². The lowest BCUT2D eigenvalue weighted by Crippen LogP contribution is -2.44. The highest BCUT2D eigenvalue weighted by Gasteiger charge is 2.24. The summed E-state index contributed by atoms with van der Waals surface area (Å²) in [6.45, 7) is 5.49. The number of aliphatic hydroxyl groups excluding tert-OH is 1. The van der Waals surface area contributed by atoms with Gasteiger partial charge in [0.2, 0.25) is 0 Å². The smallest absolute Gasteiger partial charge is 0.253 e. The van der Waals surface area contributed by atoms with Crippen LogP contribution in [0.1, 0.15) is 45.6 Å². The van der Waals surface area contributed by atoms with E-state index in [1.54, 1.807) is 13.1 Å². The Morgan fingerprint density at radius 2 is 1.89 bits per heavy atom. The zero-order valence-electron chi connectivity index (χ0n) is 15.9. The maximum absolute atomic E-state index is 12.6. The summed E-state index contributed by atoms with van der Waals surface area (Å²) in [7, 11) is 0. The predicted octanol–water partition coefficient (Wildman–Crippen LogP) is 2.29. The lowest BCUT2D eigenvalue weighted by molar-refractivity contribution is 0.0704. The number of aromatic hydroxyl groups is 1. The molecule has 3 N–H and O–H groups in total. The molecule has 1 aliphatic heterocycles. The van der Waals surface area contributed by atoms with Gasteiger partial charge in [0.1, 0.15) is 5.75 Å². The third-order valence-electron chi connectivity index (χ3n) is 5.25. The van der Waals surface area contributed by atoms with Crippen LogP contribution in [0.4, 0.5) is 0 Å². The molecule has 0 spiro atoms. The van der Waals surface area contributed by atoms with Gasteiger partial charge in [-0.05, 0) is 38.8 Å². The number of hydrogen-bond donors (Lipinski definition) is 3. The number of likely N-dealkylation sites (tertiary alicyclic amines) is 1. The quantitative estimate of drug-likeness (QED) is 0.753. The minimum absolute atomic E-state index is 0.0819. The third kappa shape index (κ3) is 4.46. The van der Waals surface area contributed by atoms with E-state index in [-0.39, 0.29) is 24.3 Å². The highest BCUT2D eigenvalue weighted by molar-refractivity contribution is 5.94. The SMILES string of the molecule is Cc1ccc(C(=O)N2CCC(NCc3c(CO)cnc(C)c3O)CC2)cc1. The largest absolute Gasteiger partial charge is 0.506 e. The minimum Gasteiger partial charge on any atom is -0.506 e. The molecule has 1 amide bonds. The van der Waals surface area contributed by atoms with Crippen LogP contribution in [0.5, 0.6) is 5.75 Å². The first-order valence-electron chi connectivity index (χ1n) is 9.36. The molecule has 1 aromatic carbocycles. The molecule has 0 aliphatic carbocycles. The van der Waals surface area contributed by atoms with Gasteiger partial charge in [0.25, 0.3) is 5.91 Å². The molecule has 2 aromatic rings. The van der Waals surface area contributed by atoms with Gasteiger partial charge < -0.3 is 20.4 Å². The number of benzene rings is 1. The lowest BCUT2D eigenvalue weighted by Gasteiger charge is -2.33. The average molecular weight is 369 g/mol. The van der Waals surface area contributed by atoms with Crippen LogP contribution in [-0.4, -0.2) is 45.1 Å². The van der Waals surface area contributed by atoms with Crippen molar-refractivity contribution in [2.75, 3.05) is 13.1 Å². The summed E-state index contributed by atoms with van der Waals surface area (Å²) in [6.07, 6.45) is 3.32. The summed E-state index contributed by atoms with van der Waals surface area (Å²) in [5.74, 6) is 0.222. The number of carbonyl (C=O) groups is 1. The normalized spacial score (nSPS) is 15.1. The van der Waals surface area contributed by atoms with E-state index in [2.05, 4.69) is 10.3 Å². The maximum atomic E-state index is 12.6. The molecule has 27 heavy (non-hydrogen) atoms. The number of pyridine rings is 1. The Morgan fingerprint density at radius 3 is 2.52 bits per heavy atom. The molecular formula is C21H27N3O3. The molecule has 1 saturated heterocycles. The van der Waals surface area contributed by atoms with E-state index in [0.717, 1.165) is 24.0 Å². The molecule has 0 atom stereocenters. The highest BCUT2D eigenvalue weighted by atomic mass is 16.3. The molecule has 1 aliphatic rings. The van der Waals surface area contributed by atoms with Gasteiger partial charge in [0.15, 0.2) is 0 Å².